The molecule has 1 saturated heterocycles. The van der Waals surface area contributed by atoms with Crippen LogP contribution in [0.2, 0.25) is 5.02 Å². The molecule has 116 valence electrons. The van der Waals surface area contributed by atoms with Gasteiger partial charge in [0.2, 0.25) is 11.8 Å². The predicted octanol–water partition coefficient (Wildman–Crippen LogP) is 3.54. The van der Waals surface area contributed by atoms with Crippen LogP contribution in [0, 0.1) is 17.7 Å². The van der Waals surface area contributed by atoms with Gasteiger partial charge in [0.25, 0.3) is 5.24 Å². The first-order valence-electron chi connectivity index (χ1n) is 6.98. The number of carbonyl (C=O) groups is 3. The lowest BCUT2D eigenvalue weighted by atomic mass is 9.81. The minimum atomic E-state index is -0.872. The van der Waals surface area contributed by atoms with E-state index in [0.29, 0.717) is 12.8 Å². The Hall–Kier alpha value is -1.46. The fourth-order valence-corrected chi connectivity index (χ4v) is 3.70. The van der Waals surface area contributed by atoms with E-state index in [-0.39, 0.29) is 16.3 Å². The topological polar surface area (TPSA) is 54.5 Å². The minimum absolute atomic E-state index is 0.129. The quantitative estimate of drug-likeness (QED) is 0.609. The summed E-state index contributed by atoms with van der Waals surface area (Å²) in [5.74, 6) is -2.45. The number of amides is 2. The van der Waals surface area contributed by atoms with Crippen LogP contribution in [0.4, 0.5) is 10.1 Å². The summed E-state index contributed by atoms with van der Waals surface area (Å²) in [7, 11) is 0. The lowest BCUT2D eigenvalue weighted by Crippen LogP contribution is -2.31. The van der Waals surface area contributed by atoms with E-state index in [1.165, 1.54) is 0 Å². The number of anilines is 1. The Kier molecular flexibility index (Phi) is 3.95. The molecule has 2 atom stereocenters. The highest BCUT2D eigenvalue weighted by Gasteiger charge is 2.49. The number of halogens is 3. The van der Waals surface area contributed by atoms with Crippen LogP contribution >= 0.6 is 23.2 Å². The summed E-state index contributed by atoms with van der Waals surface area (Å²) >= 11 is 11.2. The van der Waals surface area contributed by atoms with Crippen molar-refractivity contribution in [2.24, 2.45) is 11.8 Å². The van der Waals surface area contributed by atoms with Crippen molar-refractivity contribution < 1.29 is 18.8 Å². The Morgan fingerprint density at radius 1 is 1.14 bits per heavy atom. The molecule has 2 aliphatic rings. The van der Waals surface area contributed by atoms with Gasteiger partial charge >= 0.3 is 0 Å². The highest BCUT2D eigenvalue weighted by atomic mass is 35.5. The van der Waals surface area contributed by atoms with Gasteiger partial charge in [-0.1, -0.05) is 24.4 Å². The number of benzene rings is 1. The third-order valence-electron chi connectivity index (χ3n) is 4.33. The normalized spacial score (nSPS) is 24.6. The van der Waals surface area contributed by atoms with Gasteiger partial charge in [-0.05, 0) is 36.6 Å². The van der Waals surface area contributed by atoms with Gasteiger partial charge in [-0.25, -0.2) is 9.29 Å². The zero-order valence-electron chi connectivity index (χ0n) is 11.4. The van der Waals surface area contributed by atoms with Gasteiger partial charge < -0.3 is 0 Å². The van der Waals surface area contributed by atoms with Crippen molar-refractivity contribution in [3.8, 4) is 0 Å². The van der Waals surface area contributed by atoms with Crippen molar-refractivity contribution in [3.63, 3.8) is 0 Å². The van der Waals surface area contributed by atoms with Crippen molar-refractivity contribution in [2.45, 2.75) is 25.7 Å². The maximum atomic E-state index is 14.2. The van der Waals surface area contributed by atoms with Gasteiger partial charge in [0.1, 0.15) is 5.82 Å². The second kappa shape index (κ2) is 5.63. The van der Waals surface area contributed by atoms with E-state index in [1.54, 1.807) is 0 Å². The molecule has 1 aromatic carbocycles. The lowest BCUT2D eigenvalue weighted by molar-refractivity contribution is -0.122. The van der Waals surface area contributed by atoms with E-state index < -0.39 is 34.7 Å². The summed E-state index contributed by atoms with van der Waals surface area (Å²) in [6.07, 6.45) is 3.01. The van der Waals surface area contributed by atoms with Gasteiger partial charge in [0.15, 0.2) is 0 Å². The maximum absolute atomic E-state index is 14.2. The largest absolute Gasteiger partial charge is 0.276 e. The van der Waals surface area contributed by atoms with Crippen molar-refractivity contribution in [1.29, 1.82) is 0 Å². The summed E-state index contributed by atoms with van der Waals surface area (Å²) in [5.41, 5.74) is -0.381. The van der Waals surface area contributed by atoms with Crippen LogP contribution in [-0.2, 0) is 9.59 Å². The third-order valence-corrected chi connectivity index (χ3v) is 4.85. The Balaban J connectivity index is 2.07. The standard InChI is InChI=1S/C15H12Cl2FNO3/c16-10-6-11(18)12(5-9(10)13(17)20)19-14(21)7-3-1-2-4-8(7)15(19)22/h5-8H,1-4H2. The molecule has 0 bridgehead atoms. The van der Waals surface area contributed by atoms with Gasteiger partial charge in [0.05, 0.1) is 28.1 Å². The fourth-order valence-electron chi connectivity index (χ4n) is 3.26. The van der Waals surface area contributed by atoms with Crippen LogP contribution in [0.1, 0.15) is 36.0 Å². The molecule has 0 spiro atoms. The first kappa shape index (κ1) is 15.4. The maximum Gasteiger partial charge on any atom is 0.253 e. The average molecular weight is 344 g/mol. The predicted molar refractivity (Wildman–Crippen MR) is 79.5 cm³/mol. The van der Waals surface area contributed by atoms with E-state index in [2.05, 4.69) is 0 Å². The van der Waals surface area contributed by atoms with Gasteiger partial charge in [-0.15, -0.1) is 0 Å². The summed E-state index contributed by atoms with van der Waals surface area (Å²) in [5, 5.41) is -1.03. The van der Waals surface area contributed by atoms with Crippen LogP contribution < -0.4 is 4.90 Å². The number of hydrogen-bond acceptors (Lipinski definition) is 3. The molecule has 1 aliphatic carbocycles. The van der Waals surface area contributed by atoms with Crippen LogP contribution in [0.15, 0.2) is 12.1 Å². The van der Waals surface area contributed by atoms with Crippen molar-refractivity contribution >= 4 is 45.9 Å². The second-order valence-electron chi connectivity index (χ2n) is 5.57. The Bertz CT molecular complexity index is 668. The van der Waals surface area contributed by atoms with E-state index in [0.717, 1.165) is 29.9 Å². The summed E-state index contributed by atoms with van der Waals surface area (Å²) < 4.78 is 14.2. The highest BCUT2D eigenvalue weighted by molar-refractivity contribution is 6.68. The summed E-state index contributed by atoms with van der Waals surface area (Å²) in [6, 6.07) is 1.97. The van der Waals surface area contributed by atoms with Crippen LogP contribution in [0.3, 0.4) is 0 Å². The summed E-state index contributed by atoms with van der Waals surface area (Å²) in [4.78, 5) is 37.1. The molecule has 2 unspecified atom stereocenters. The van der Waals surface area contributed by atoms with Crippen LogP contribution in [-0.4, -0.2) is 17.1 Å². The number of imide groups is 1. The molecule has 2 fully saturated rings. The third kappa shape index (κ3) is 2.32. The zero-order chi connectivity index (χ0) is 16.0. The molecule has 0 N–H and O–H groups in total. The Labute approximate surface area is 136 Å². The molecule has 1 heterocycles. The van der Waals surface area contributed by atoms with Crippen molar-refractivity contribution in [2.75, 3.05) is 4.90 Å². The molecule has 2 amide bonds. The molecule has 0 radical (unpaired) electrons. The second-order valence-corrected chi connectivity index (χ2v) is 6.32. The number of hydrogen-bond donors (Lipinski definition) is 0. The van der Waals surface area contributed by atoms with Crippen LogP contribution in [0.25, 0.3) is 0 Å². The van der Waals surface area contributed by atoms with E-state index in [4.69, 9.17) is 23.2 Å². The average Bonchev–Trinajstić information content (AvgIpc) is 2.72. The molecule has 3 rings (SSSR count). The van der Waals surface area contributed by atoms with Gasteiger partial charge in [0, 0.05) is 0 Å². The molecule has 1 aliphatic heterocycles. The SMILES string of the molecule is O=C(Cl)c1cc(N2C(=O)C3CCCCC3C2=O)c(F)cc1Cl. The number of nitrogens with zero attached hydrogens (tertiary/aromatic N) is 1. The minimum Gasteiger partial charge on any atom is -0.276 e. The molecule has 1 saturated carbocycles. The first-order chi connectivity index (χ1) is 10.4. The molecule has 7 heteroatoms. The summed E-state index contributed by atoms with van der Waals surface area (Å²) in [6.45, 7) is 0. The first-order valence-corrected chi connectivity index (χ1v) is 7.74. The van der Waals surface area contributed by atoms with Crippen LogP contribution in [0.5, 0.6) is 0 Å². The number of fused-ring (bicyclic) bond motifs is 1. The van der Waals surface area contributed by atoms with E-state index >= 15 is 0 Å². The van der Waals surface area contributed by atoms with E-state index in [9.17, 15) is 18.8 Å². The molecule has 1 aromatic rings. The Morgan fingerprint density at radius 3 is 2.18 bits per heavy atom. The van der Waals surface area contributed by atoms with Crippen molar-refractivity contribution in [3.05, 3.63) is 28.5 Å². The number of carbonyl (C=O) groups excluding carboxylic acids is 3. The van der Waals surface area contributed by atoms with Crippen molar-refractivity contribution in [1.82, 2.24) is 0 Å². The monoisotopic (exact) mass is 343 g/mol. The molecular weight excluding hydrogens is 332 g/mol. The highest BCUT2D eigenvalue weighted by Crippen LogP contribution is 2.41. The number of rotatable bonds is 2. The molecule has 4 nitrogen and oxygen atoms in total. The molecular formula is C15H12Cl2FNO3. The Morgan fingerprint density at radius 2 is 1.68 bits per heavy atom. The smallest absolute Gasteiger partial charge is 0.253 e. The lowest BCUT2D eigenvalue weighted by Gasteiger charge is -2.19. The molecule has 22 heavy (non-hydrogen) atoms. The van der Waals surface area contributed by atoms with Gasteiger partial charge in [-0.2, -0.15) is 0 Å². The molecule has 0 aromatic heterocycles. The fraction of sp³-hybridized carbons (Fsp3) is 0.400. The van der Waals surface area contributed by atoms with E-state index in [1.807, 2.05) is 0 Å². The zero-order valence-corrected chi connectivity index (χ0v) is 13.0. The van der Waals surface area contributed by atoms with Gasteiger partial charge in [-0.3, -0.25) is 14.4 Å².